The van der Waals surface area contributed by atoms with Gasteiger partial charge in [-0.3, -0.25) is 4.79 Å². The van der Waals surface area contributed by atoms with Crippen LogP contribution in [0.25, 0.3) is 0 Å². The number of amides is 2. The van der Waals surface area contributed by atoms with Crippen molar-refractivity contribution in [3.05, 3.63) is 75.0 Å². The van der Waals surface area contributed by atoms with E-state index in [1.165, 1.54) is 41.2 Å². The summed E-state index contributed by atoms with van der Waals surface area (Å²) < 4.78 is 34.3. The van der Waals surface area contributed by atoms with Crippen molar-refractivity contribution in [2.24, 2.45) is 0 Å². The highest BCUT2D eigenvalue weighted by Crippen LogP contribution is 2.35. The van der Waals surface area contributed by atoms with E-state index >= 15 is 4.39 Å². The number of ether oxygens (including phenoxy) is 3. The lowest BCUT2D eigenvalue weighted by molar-refractivity contribution is 0.0215. The van der Waals surface area contributed by atoms with Crippen LogP contribution in [0.4, 0.5) is 9.18 Å². The van der Waals surface area contributed by atoms with Gasteiger partial charge in [0, 0.05) is 20.2 Å². The Bertz CT molecular complexity index is 1560. The van der Waals surface area contributed by atoms with Crippen LogP contribution in [0.15, 0.2) is 36.7 Å². The molecule has 0 radical (unpaired) electrons. The van der Waals surface area contributed by atoms with Gasteiger partial charge in [0.05, 0.1) is 36.1 Å². The molecule has 3 aromatic rings. The van der Waals surface area contributed by atoms with Crippen molar-refractivity contribution in [2.45, 2.75) is 71.9 Å². The number of aromatic nitrogens is 2. The maximum Gasteiger partial charge on any atom is 0.417 e. The molecule has 2 amide bonds. The van der Waals surface area contributed by atoms with E-state index in [-0.39, 0.29) is 46.1 Å². The Hall–Kier alpha value is -3.47. The van der Waals surface area contributed by atoms with E-state index in [0.717, 1.165) is 6.04 Å². The molecule has 0 bridgehead atoms. The van der Waals surface area contributed by atoms with Crippen molar-refractivity contribution in [3.8, 4) is 17.6 Å². The molecule has 0 atom stereocenters. The Balaban J connectivity index is 1.98. The smallest absolute Gasteiger partial charge is 0.417 e. The molecule has 0 saturated heterocycles. The van der Waals surface area contributed by atoms with Crippen LogP contribution in [0.5, 0.6) is 11.5 Å². The van der Waals surface area contributed by atoms with E-state index in [1.54, 1.807) is 20.8 Å². The molecule has 10 nitrogen and oxygen atoms in total. The van der Waals surface area contributed by atoms with E-state index in [1.807, 2.05) is 6.07 Å². The van der Waals surface area contributed by atoms with Gasteiger partial charge in [0.1, 0.15) is 23.8 Å². The molecule has 0 saturated carbocycles. The second-order valence-corrected chi connectivity index (χ2v) is 18.5. The average molecular weight is 666 g/mol. The zero-order chi connectivity index (χ0) is 32.8. The zero-order valence-electron chi connectivity index (χ0n) is 25.4. The molecule has 0 fully saturated rings. The third kappa shape index (κ3) is 9.51. The molecule has 44 heavy (non-hydrogen) atoms. The monoisotopic (exact) mass is 664 g/mol. The van der Waals surface area contributed by atoms with Crippen molar-refractivity contribution in [2.75, 3.05) is 6.61 Å². The summed E-state index contributed by atoms with van der Waals surface area (Å²) in [7, 11) is -1.37. The fraction of sp³-hybridized carbons (Fsp3) is 0.400. The van der Waals surface area contributed by atoms with Crippen LogP contribution in [0.1, 0.15) is 48.0 Å². The van der Waals surface area contributed by atoms with E-state index in [0.29, 0.717) is 17.1 Å². The summed E-state index contributed by atoms with van der Waals surface area (Å²) in [6, 6.07) is 9.72. The molecule has 2 aromatic carbocycles. The Morgan fingerprint density at radius 3 is 2.50 bits per heavy atom. The van der Waals surface area contributed by atoms with Crippen LogP contribution >= 0.6 is 23.2 Å². The van der Waals surface area contributed by atoms with Crippen LogP contribution in [0, 0.1) is 17.1 Å². The summed E-state index contributed by atoms with van der Waals surface area (Å²) in [6.07, 6.45) is 0.277. The molecule has 0 aliphatic carbocycles. The minimum absolute atomic E-state index is 0.0433. The normalized spacial score (nSPS) is 11.7. The summed E-state index contributed by atoms with van der Waals surface area (Å²) in [5, 5.41) is 18.6. The van der Waals surface area contributed by atoms with Gasteiger partial charge in [0.2, 0.25) is 0 Å². The van der Waals surface area contributed by atoms with Gasteiger partial charge in [-0.15, -0.1) is 0 Å². The van der Waals surface area contributed by atoms with Gasteiger partial charge < -0.3 is 23.9 Å². The molecule has 1 N–H and O–H groups in total. The number of imide groups is 1. The highest BCUT2D eigenvalue weighted by molar-refractivity contribution is 6.76. The predicted octanol–water partition coefficient (Wildman–Crippen LogP) is 7.38. The number of aliphatic hydroxyl groups excluding tert-OH is 1. The summed E-state index contributed by atoms with van der Waals surface area (Å²) in [5.74, 6) is -2.20. The topological polar surface area (TPSA) is 127 Å². The lowest BCUT2D eigenvalue weighted by Crippen LogP contribution is -2.41. The number of nitrogens with zero attached hydrogens (tertiary/aromatic N) is 4. The number of rotatable bonds is 11. The number of hydrogen-bond acceptors (Lipinski definition) is 8. The van der Waals surface area contributed by atoms with E-state index < -0.39 is 43.8 Å². The standard InChI is InChI=1S/C30H35Cl2FN4O6Si/c1-30(2,3)43-29(40)37(28(39)25-27(32)35-17-36(25)18-41-9-10-44(4,5)6)15-21-7-8-23(31)26(24(21)33)42-22-12-19(14-34)11-20(13-22)16-38/h7-8,11-13,17,38H,9-10,15-16,18H2,1-6H3. The molecule has 14 heteroatoms. The predicted molar refractivity (Wildman–Crippen MR) is 166 cm³/mol. The lowest BCUT2D eigenvalue weighted by atomic mass is 10.1. The molecule has 0 unspecified atom stereocenters. The van der Waals surface area contributed by atoms with E-state index in [9.17, 15) is 20.0 Å². The number of benzene rings is 2. The van der Waals surface area contributed by atoms with Crippen molar-refractivity contribution < 1.29 is 33.3 Å². The Morgan fingerprint density at radius 2 is 1.89 bits per heavy atom. The van der Waals surface area contributed by atoms with E-state index in [4.69, 9.17) is 37.4 Å². The Morgan fingerprint density at radius 1 is 1.18 bits per heavy atom. The third-order valence-electron chi connectivity index (χ3n) is 6.04. The molecule has 3 rings (SSSR count). The summed E-state index contributed by atoms with van der Waals surface area (Å²) in [5.41, 5.74) is -0.703. The number of hydrogen-bond donors (Lipinski definition) is 1. The van der Waals surface area contributed by atoms with Gasteiger partial charge in [-0.05, 0) is 56.6 Å². The molecule has 236 valence electrons. The van der Waals surface area contributed by atoms with Crippen molar-refractivity contribution in [1.29, 1.82) is 5.26 Å². The SMILES string of the molecule is CC(C)(C)OC(=O)N(Cc1ccc(Cl)c(Oc2cc(C#N)cc(CO)c2)c1F)C(=O)c1c(Cl)ncn1COCC[Si](C)(C)C. The minimum atomic E-state index is -1.37. The largest absolute Gasteiger partial charge is 0.453 e. The first-order valence-electron chi connectivity index (χ1n) is 13.7. The third-order valence-corrected chi connectivity index (χ3v) is 8.32. The molecule has 0 spiro atoms. The Kier molecular flexibility index (Phi) is 11.6. The fourth-order valence-corrected chi connectivity index (χ4v) is 5.00. The van der Waals surface area contributed by atoms with Crippen LogP contribution in [-0.2, 0) is 29.4 Å². The summed E-state index contributed by atoms with van der Waals surface area (Å²) in [4.78, 5) is 31.9. The first-order valence-corrected chi connectivity index (χ1v) is 18.1. The molecular formula is C30H35Cl2FN4O6Si. The second kappa shape index (κ2) is 14.5. The second-order valence-electron chi connectivity index (χ2n) is 12.2. The van der Waals surface area contributed by atoms with Crippen molar-refractivity contribution in [3.63, 3.8) is 0 Å². The number of halogens is 3. The summed E-state index contributed by atoms with van der Waals surface area (Å²) >= 11 is 12.6. The van der Waals surface area contributed by atoms with Crippen LogP contribution in [0.2, 0.25) is 35.9 Å². The molecule has 1 aromatic heterocycles. The molecule has 1 heterocycles. The van der Waals surface area contributed by atoms with Crippen LogP contribution in [-0.4, -0.2) is 51.8 Å². The first kappa shape index (κ1) is 35.0. The van der Waals surface area contributed by atoms with Crippen molar-refractivity contribution >= 4 is 43.3 Å². The summed E-state index contributed by atoms with van der Waals surface area (Å²) in [6.45, 7) is 11.0. The number of carbonyl (C=O) groups is 2. The number of carbonyl (C=O) groups excluding carboxylic acids is 2. The van der Waals surface area contributed by atoms with Gasteiger partial charge in [0.25, 0.3) is 5.91 Å². The molecule has 0 aliphatic rings. The lowest BCUT2D eigenvalue weighted by Gasteiger charge is -2.27. The molecular weight excluding hydrogens is 630 g/mol. The highest BCUT2D eigenvalue weighted by Gasteiger charge is 2.33. The minimum Gasteiger partial charge on any atom is -0.453 e. The fourth-order valence-electron chi connectivity index (χ4n) is 3.82. The van der Waals surface area contributed by atoms with Crippen molar-refractivity contribution in [1.82, 2.24) is 14.5 Å². The average Bonchev–Trinajstić information content (AvgIpc) is 3.30. The van der Waals surface area contributed by atoms with Gasteiger partial charge in [-0.25, -0.2) is 19.1 Å². The highest BCUT2D eigenvalue weighted by atomic mass is 35.5. The Labute approximate surface area is 266 Å². The number of aliphatic hydroxyl groups is 1. The van der Waals surface area contributed by atoms with Crippen LogP contribution in [0.3, 0.4) is 0 Å². The zero-order valence-corrected chi connectivity index (χ0v) is 27.9. The number of imidazole rings is 1. The van der Waals surface area contributed by atoms with Gasteiger partial charge in [-0.1, -0.05) is 48.9 Å². The maximum atomic E-state index is 15.9. The quantitative estimate of drug-likeness (QED) is 0.166. The van der Waals surface area contributed by atoms with Gasteiger partial charge in [0.15, 0.2) is 16.7 Å². The first-order chi connectivity index (χ1) is 20.5. The van der Waals surface area contributed by atoms with Gasteiger partial charge in [-0.2, -0.15) is 5.26 Å². The molecule has 0 aliphatic heterocycles. The van der Waals surface area contributed by atoms with E-state index in [2.05, 4.69) is 24.6 Å². The number of nitriles is 1. The maximum absolute atomic E-state index is 15.9. The van der Waals surface area contributed by atoms with Crippen LogP contribution < -0.4 is 4.74 Å². The van der Waals surface area contributed by atoms with Gasteiger partial charge >= 0.3 is 6.09 Å².